The van der Waals surface area contributed by atoms with Crippen molar-refractivity contribution in [2.75, 3.05) is 10.6 Å². The van der Waals surface area contributed by atoms with Gasteiger partial charge in [-0.3, -0.25) is 9.59 Å². The minimum atomic E-state index is -0.232. The largest absolute Gasteiger partial charge is 0.326 e. The quantitative estimate of drug-likeness (QED) is 0.379. The van der Waals surface area contributed by atoms with Crippen LogP contribution in [0, 0.1) is 0 Å². The van der Waals surface area contributed by atoms with E-state index in [9.17, 15) is 9.59 Å². The van der Waals surface area contributed by atoms with E-state index in [4.69, 9.17) is 0 Å². The first-order valence-electron chi connectivity index (χ1n) is 9.70. The number of thioether (sulfide) groups is 1. The summed E-state index contributed by atoms with van der Waals surface area (Å²) in [6.07, 6.45) is 1.02. The molecule has 2 N–H and O–H groups in total. The molecular weight excluding hydrogens is 460 g/mol. The number of carbonyl (C=O) groups is 2. The van der Waals surface area contributed by atoms with Gasteiger partial charge in [-0.1, -0.05) is 59.3 Å². The third-order valence-electron chi connectivity index (χ3n) is 4.38. The minimum Gasteiger partial charge on any atom is -0.326 e. The number of carbonyl (C=O) groups excluding carboxylic acids is 2. The molecule has 0 aromatic heterocycles. The van der Waals surface area contributed by atoms with Crippen LogP contribution < -0.4 is 10.6 Å². The van der Waals surface area contributed by atoms with Crippen LogP contribution in [0.25, 0.3) is 0 Å². The van der Waals surface area contributed by atoms with Gasteiger partial charge in [0.25, 0.3) is 0 Å². The first-order valence-corrected chi connectivity index (χ1v) is 11.4. The highest BCUT2D eigenvalue weighted by molar-refractivity contribution is 9.10. The Morgan fingerprint density at radius 2 is 1.63 bits per heavy atom. The number of hydrogen-bond acceptors (Lipinski definition) is 3. The van der Waals surface area contributed by atoms with E-state index in [0.29, 0.717) is 12.8 Å². The molecule has 0 heterocycles. The van der Waals surface area contributed by atoms with Gasteiger partial charge in [0, 0.05) is 20.7 Å². The smallest absolute Gasteiger partial charge is 0.237 e. The van der Waals surface area contributed by atoms with Crippen LogP contribution in [0.1, 0.15) is 18.9 Å². The number of amides is 2. The van der Waals surface area contributed by atoms with Gasteiger partial charge in [0.1, 0.15) is 0 Å². The van der Waals surface area contributed by atoms with Crippen molar-refractivity contribution < 1.29 is 9.59 Å². The van der Waals surface area contributed by atoms with Gasteiger partial charge in [-0.05, 0) is 54.4 Å². The summed E-state index contributed by atoms with van der Waals surface area (Å²) < 4.78 is 0.966. The first kappa shape index (κ1) is 22.1. The average Bonchev–Trinajstić information content (AvgIpc) is 2.74. The fourth-order valence-corrected chi connectivity index (χ4v) is 4.15. The van der Waals surface area contributed by atoms with Gasteiger partial charge in [0.05, 0.1) is 11.7 Å². The number of rotatable bonds is 8. The van der Waals surface area contributed by atoms with Gasteiger partial charge in [0.15, 0.2) is 0 Å². The molecule has 3 rings (SSSR count). The molecule has 4 nitrogen and oxygen atoms in total. The highest BCUT2D eigenvalue weighted by Crippen LogP contribution is 2.29. The van der Waals surface area contributed by atoms with Crippen molar-refractivity contribution in [3.8, 4) is 0 Å². The Labute approximate surface area is 189 Å². The van der Waals surface area contributed by atoms with Crippen molar-refractivity contribution in [1.29, 1.82) is 0 Å². The van der Waals surface area contributed by atoms with E-state index in [2.05, 4.69) is 26.6 Å². The maximum Gasteiger partial charge on any atom is 0.237 e. The predicted molar refractivity (Wildman–Crippen MR) is 128 cm³/mol. The zero-order chi connectivity index (χ0) is 21.3. The van der Waals surface area contributed by atoms with E-state index >= 15 is 0 Å². The van der Waals surface area contributed by atoms with Crippen molar-refractivity contribution in [3.05, 3.63) is 88.9 Å². The van der Waals surface area contributed by atoms with Crippen molar-refractivity contribution in [2.45, 2.75) is 29.9 Å². The molecule has 0 aliphatic carbocycles. The summed E-state index contributed by atoms with van der Waals surface area (Å²) in [6.45, 7) is 1.99. The van der Waals surface area contributed by atoms with Crippen LogP contribution in [0.15, 0.2) is 88.2 Å². The van der Waals surface area contributed by atoms with Crippen molar-refractivity contribution >= 4 is 50.9 Å². The molecule has 1 atom stereocenters. The standard InChI is InChI=1S/C24H23BrN2O2S/c1-2-22(24(29)27-19-13-11-18(25)12-14-19)30-21-10-6-9-20(16-21)26-23(28)15-17-7-4-3-5-8-17/h3-14,16,22H,2,15H2,1H3,(H,26,28)(H,27,29). The lowest BCUT2D eigenvalue weighted by Gasteiger charge is -2.15. The molecule has 6 heteroatoms. The van der Waals surface area contributed by atoms with E-state index in [1.165, 1.54) is 11.8 Å². The van der Waals surface area contributed by atoms with Crippen molar-refractivity contribution in [3.63, 3.8) is 0 Å². The lowest BCUT2D eigenvalue weighted by Crippen LogP contribution is -2.24. The second-order valence-electron chi connectivity index (χ2n) is 6.75. The number of benzene rings is 3. The Morgan fingerprint density at radius 1 is 0.900 bits per heavy atom. The second kappa shape index (κ2) is 11.0. The van der Waals surface area contributed by atoms with Crippen LogP contribution >= 0.6 is 27.7 Å². The summed E-state index contributed by atoms with van der Waals surface area (Å²) in [7, 11) is 0. The molecular formula is C24H23BrN2O2S. The lowest BCUT2D eigenvalue weighted by molar-refractivity contribution is -0.116. The molecule has 3 aromatic rings. The van der Waals surface area contributed by atoms with Crippen LogP contribution in [-0.2, 0) is 16.0 Å². The average molecular weight is 483 g/mol. The fourth-order valence-electron chi connectivity index (χ4n) is 2.88. The van der Waals surface area contributed by atoms with Crippen LogP contribution in [0.2, 0.25) is 0 Å². The molecule has 0 radical (unpaired) electrons. The van der Waals surface area contributed by atoms with E-state index < -0.39 is 0 Å². The number of anilines is 2. The monoisotopic (exact) mass is 482 g/mol. The van der Waals surface area contributed by atoms with Gasteiger partial charge in [-0.25, -0.2) is 0 Å². The molecule has 154 valence electrons. The maximum absolute atomic E-state index is 12.7. The van der Waals surface area contributed by atoms with Gasteiger partial charge >= 0.3 is 0 Å². The Bertz CT molecular complexity index is 994. The second-order valence-corrected chi connectivity index (χ2v) is 8.94. The highest BCUT2D eigenvalue weighted by Gasteiger charge is 2.18. The minimum absolute atomic E-state index is 0.0386. The topological polar surface area (TPSA) is 58.2 Å². The normalized spacial score (nSPS) is 11.5. The molecule has 30 heavy (non-hydrogen) atoms. The molecule has 0 fully saturated rings. The third kappa shape index (κ3) is 6.75. The molecule has 0 spiro atoms. The molecule has 0 aliphatic heterocycles. The summed E-state index contributed by atoms with van der Waals surface area (Å²) >= 11 is 4.89. The van der Waals surface area contributed by atoms with Gasteiger partial charge in [-0.15, -0.1) is 11.8 Å². The Morgan fingerprint density at radius 3 is 2.33 bits per heavy atom. The summed E-state index contributed by atoms with van der Waals surface area (Å²) in [5.41, 5.74) is 2.46. The van der Waals surface area contributed by atoms with Crippen LogP contribution in [0.3, 0.4) is 0 Å². The molecule has 0 aliphatic rings. The van der Waals surface area contributed by atoms with Crippen LogP contribution in [0.5, 0.6) is 0 Å². The van der Waals surface area contributed by atoms with Crippen molar-refractivity contribution in [2.24, 2.45) is 0 Å². The van der Waals surface area contributed by atoms with Crippen LogP contribution in [0.4, 0.5) is 11.4 Å². The zero-order valence-corrected chi connectivity index (χ0v) is 19.0. The lowest BCUT2D eigenvalue weighted by atomic mass is 10.1. The van der Waals surface area contributed by atoms with Crippen LogP contribution in [-0.4, -0.2) is 17.1 Å². The van der Waals surface area contributed by atoms with E-state index in [-0.39, 0.29) is 17.1 Å². The molecule has 2 amide bonds. The van der Waals surface area contributed by atoms with Crippen molar-refractivity contribution in [1.82, 2.24) is 0 Å². The van der Waals surface area contributed by atoms with Gasteiger partial charge in [0.2, 0.25) is 11.8 Å². The van der Waals surface area contributed by atoms with E-state index in [0.717, 1.165) is 26.3 Å². The highest BCUT2D eigenvalue weighted by atomic mass is 79.9. The molecule has 1 unspecified atom stereocenters. The summed E-state index contributed by atoms with van der Waals surface area (Å²) in [4.78, 5) is 25.9. The molecule has 0 saturated heterocycles. The fraction of sp³-hybridized carbons (Fsp3) is 0.167. The Balaban J connectivity index is 1.60. The van der Waals surface area contributed by atoms with E-state index in [1.54, 1.807) is 0 Å². The zero-order valence-electron chi connectivity index (χ0n) is 16.6. The molecule has 0 saturated carbocycles. The molecule has 3 aromatic carbocycles. The SMILES string of the molecule is CCC(Sc1cccc(NC(=O)Cc2ccccc2)c1)C(=O)Nc1ccc(Br)cc1. The molecule has 0 bridgehead atoms. The van der Waals surface area contributed by atoms with Gasteiger partial charge < -0.3 is 10.6 Å². The third-order valence-corrected chi connectivity index (χ3v) is 6.27. The summed E-state index contributed by atoms with van der Waals surface area (Å²) in [5, 5.41) is 5.67. The van der Waals surface area contributed by atoms with Gasteiger partial charge in [-0.2, -0.15) is 0 Å². The number of nitrogens with one attached hydrogen (secondary N) is 2. The van der Waals surface area contributed by atoms with E-state index in [1.807, 2.05) is 85.8 Å². The summed E-state index contributed by atoms with van der Waals surface area (Å²) in [6, 6.07) is 24.8. The maximum atomic E-state index is 12.7. The first-order chi connectivity index (χ1) is 14.5. The number of hydrogen-bond donors (Lipinski definition) is 2. The Hall–Kier alpha value is -2.57. The Kier molecular flexibility index (Phi) is 8.11. The summed E-state index contributed by atoms with van der Waals surface area (Å²) in [5.74, 6) is -0.105. The predicted octanol–water partition coefficient (Wildman–Crippen LogP) is 6.14. The number of halogens is 1.